The molecule has 1 aliphatic carbocycles. The lowest BCUT2D eigenvalue weighted by atomic mass is 10.00. The minimum Gasteiger partial charge on any atom is -0.391 e. The number of aliphatic hydroxyl groups excluding tert-OH is 1. The van der Waals surface area contributed by atoms with Crippen LogP contribution in [0.1, 0.15) is 213 Å². The van der Waals surface area contributed by atoms with Crippen LogP contribution in [0.15, 0.2) is 0 Å². The highest BCUT2D eigenvalue weighted by Gasteiger charge is 2.34. The van der Waals surface area contributed by atoms with E-state index in [0.717, 1.165) is 43.9 Å². The lowest BCUT2D eigenvalue weighted by molar-refractivity contribution is -0.122. The van der Waals surface area contributed by atoms with Gasteiger partial charge in [0.05, 0.1) is 12.1 Å². The summed E-state index contributed by atoms with van der Waals surface area (Å²) in [6, 6.07) is -0.0811. The molecule has 0 aromatic rings. The lowest BCUT2D eigenvalue weighted by Gasteiger charge is -2.23. The molecule has 0 aromatic carbocycles. The van der Waals surface area contributed by atoms with Crippen LogP contribution in [0, 0.1) is 11.8 Å². The Labute approximate surface area is 258 Å². The molecule has 0 radical (unpaired) electrons. The van der Waals surface area contributed by atoms with Gasteiger partial charge in [-0.2, -0.15) is 0 Å². The highest BCUT2D eigenvalue weighted by atomic mass is 16.3. The third-order valence-electron chi connectivity index (χ3n) is 9.83. The van der Waals surface area contributed by atoms with Crippen molar-refractivity contribution in [3.05, 3.63) is 0 Å². The highest BCUT2D eigenvalue weighted by molar-refractivity contribution is 5.76. The minimum absolute atomic E-state index is 0.0811. The molecule has 1 fully saturated rings. The van der Waals surface area contributed by atoms with Gasteiger partial charge in [0, 0.05) is 6.42 Å². The van der Waals surface area contributed by atoms with Gasteiger partial charge in [0.25, 0.3) is 0 Å². The molecule has 0 heterocycles. The standard InChI is InChI=1S/C38H75NO2/c1-4-7-9-11-12-13-14-15-16-17-21-24-28-32-38(41)39-36(6-3)37(40)31-27-23-20-18-19-22-26-30-35-33-34(35)29-25-10-8-5-2/h34-37,40H,4-33H2,1-3H3,(H,39,41)/t34-,35?,36?,37?/m0/s1. The smallest absolute Gasteiger partial charge is 0.220 e. The molecular weight excluding hydrogens is 502 g/mol. The first-order valence-corrected chi connectivity index (χ1v) is 19.1. The highest BCUT2D eigenvalue weighted by Crippen LogP contribution is 2.45. The fourth-order valence-corrected chi connectivity index (χ4v) is 6.75. The lowest BCUT2D eigenvalue weighted by Crippen LogP contribution is -2.42. The van der Waals surface area contributed by atoms with Crippen molar-refractivity contribution in [1.29, 1.82) is 0 Å². The molecule has 41 heavy (non-hydrogen) atoms. The molecule has 4 atom stereocenters. The van der Waals surface area contributed by atoms with Gasteiger partial charge in [-0.05, 0) is 37.5 Å². The van der Waals surface area contributed by atoms with E-state index in [4.69, 9.17) is 0 Å². The predicted octanol–water partition coefficient (Wildman–Crippen LogP) is 11.8. The predicted molar refractivity (Wildman–Crippen MR) is 180 cm³/mol. The molecule has 3 heteroatoms. The molecule has 3 unspecified atom stereocenters. The maximum absolute atomic E-state index is 12.4. The summed E-state index contributed by atoms with van der Waals surface area (Å²) < 4.78 is 0. The van der Waals surface area contributed by atoms with E-state index in [1.54, 1.807) is 0 Å². The maximum Gasteiger partial charge on any atom is 0.220 e. The quantitative estimate of drug-likeness (QED) is 0.0781. The van der Waals surface area contributed by atoms with Gasteiger partial charge in [0.1, 0.15) is 0 Å². The number of carbonyl (C=O) groups excluding carboxylic acids is 1. The number of amides is 1. The molecule has 1 amide bonds. The van der Waals surface area contributed by atoms with E-state index in [1.807, 2.05) is 0 Å². The summed E-state index contributed by atoms with van der Waals surface area (Å²) in [7, 11) is 0. The number of rotatable bonds is 32. The zero-order chi connectivity index (χ0) is 29.8. The van der Waals surface area contributed by atoms with Crippen LogP contribution >= 0.6 is 0 Å². The average molecular weight is 578 g/mol. The molecular formula is C38H75NO2. The zero-order valence-electron chi connectivity index (χ0n) is 28.4. The molecule has 1 aliphatic rings. The summed E-state index contributed by atoms with van der Waals surface area (Å²) in [5.41, 5.74) is 0. The van der Waals surface area contributed by atoms with Crippen molar-refractivity contribution in [1.82, 2.24) is 5.32 Å². The normalized spacial score (nSPS) is 18.0. The second-order valence-corrected chi connectivity index (χ2v) is 13.8. The Morgan fingerprint density at radius 2 is 0.976 bits per heavy atom. The Balaban J connectivity index is 1.88. The first-order chi connectivity index (χ1) is 20.1. The van der Waals surface area contributed by atoms with Crippen LogP contribution < -0.4 is 5.32 Å². The van der Waals surface area contributed by atoms with Gasteiger partial charge < -0.3 is 10.4 Å². The maximum atomic E-state index is 12.4. The van der Waals surface area contributed by atoms with Crippen molar-refractivity contribution < 1.29 is 9.90 Å². The molecule has 1 rings (SSSR count). The topological polar surface area (TPSA) is 49.3 Å². The zero-order valence-corrected chi connectivity index (χ0v) is 28.4. The number of hydrogen-bond acceptors (Lipinski definition) is 2. The number of unbranched alkanes of at least 4 members (excludes halogenated alkanes) is 21. The number of carbonyl (C=O) groups is 1. The Morgan fingerprint density at radius 3 is 1.44 bits per heavy atom. The summed E-state index contributed by atoms with van der Waals surface area (Å²) in [6.45, 7) is 6.66. The van der Waals surface area contributed by atoms with Gasteiger partial charge >= 0.3 is 0 Å². The molecule has 3 nitrogen and oxygen atoms in total. The van der Waals surface area contributed by atoms with Crippen molar-refractivity contribution in [2.24, 2.45) is 11.8 Å². The molecule has 0 saturated heterocycles. The van der Waals surface area contributed by atoms with E-state index in [2.05, 4.69) is 26.1 Å². The van der Waals surface area contributed by atoms with E-state index in [1.165, 1.54) is 154 Å². The Bertz CT molecular complexity index is 564. The second-order valence-electron chi connectivity index (χ2n) is 13.8. The fraction of sp³-hybridized carbons (Fsp3) is 0.974. The average Bonchev–Trinajstić information content (AvgIpc) is 3.73. The molecule has 0 bridgehead atoms. The van der Waals surface area contributed by atoms with Crippen LogP contribution in [-0.4, -0.2) is 23.2 Å². The van der Waals surface area contributed by atoms with Crippen molar-refractivity contribution in [2.45, 2.75) is 226 Å². The van der Waals surface area contributed by atoms with Crippen LogP contribution in [0.3, 0.4) is 0 Å². The summed E-state index contributed by atoms with van der Waals surface area (Å²) in [5, 5.41) is 13.8. The summed E-state index contributed by atoms with van der Waals surface area (Å²) in [4.78, 5) is 12.4. The first kappa shape index (κ1) is 38.5. The van der Waals surface area contributed by atoms with Crippen molar-refractivity contribution in [2.75, 3.05) is 0 Å². The Morgan fingerprint density at radius 1 is 0.585 bits per heavy atom. The largest absolute Gasteiger partial charge is 0.391 e. The first-order valence-electron chi connectivity index (χ1n) is 19.1. The van der Waals surface area contributed by atoms with Gasteiger partial charge in [0.15, 0.2) is 0 Å². The Kier molecular flexibility index (Phi) is 26.5. The van der Waals surface area contributed by atoms with Crippen molar-refractivity contribution >= 4 is 5.91 Å². The van der Waals surface area contributed by atoms with E-state index in [0.29, 0.717) is 6.42 Å². The molecule has 1 saturated carbocycles. The number of nitrogens with one attached hydrogen (secondary N) is 1. The van der Waals surface area contributed by atoms with Gasteiger partial charge in [0.2, 0.25) is 5.91 Å². The van der Waals surface area contributed by atoms with E-state index in [-0.39, 0.29) is 11.9 Å². The summed E-state index contributed by atoms with van der Waals surface area (Å²) >= 11 is 0. The SMILES string of the molecule is CCCCCCCCCCCCCCCC(=O)NC(CC)C(O)CCCCCCCCCC1C[C@@H]1CCCCCC. The van der Waals surface area contributed by atoms with Crippen LogP contribution in [0.25, 0.3) is 0 Å². The van der Waals surface area contributed by atoms with Gasteiger partial charge in [-0.1, -0.05) is 181 Å². The van der Waals surface area contributed by atoms with E-state index >= 15 is 0 Å². The number of aliphatic hydroxyl groups is 1. The van der Waals surface area contributed by atoms with Gasteiger partial charge in [-0.3, -0.25) is 4.79 Å². The minimum atomic E-state index is -0.399. The number of hydrogen-bond donors (Lipinski definition) is 2. The summed E-state index contributed by atoms with van der Waals surface area (Å²) in [6.07, 6.45) is 38.4. The fourth-order valence-electron chi connectivity index (χ4n) is 6.75. The third-order valence-corrected chi connectivity index (χ3v) is 9.83. The van der Waals surface area contributed by atoms with Crippen molar-refractivity contribution in [3.8, 4) is 0 Å². The van der Waals surface area contributed by atoms with E-state index < -0.39 is 6.10 Å². The third kappa shape index (κ3) is 23.6. The van der Waals surface area contributed by atoms with Crippen LogP contribution in [-0.2, 0) is 4.79 Å². The van der Waals surface area contributed by atoms with Gasteiger partial charge in [-0.25, -0.2) is 0 Å². The van der Waals surface area contributed by atoms with Crippen molar-refractivity contribution in [3.63, 3.8) is 0 Å². The monoisotopic (exact) mass is 578 g/mol. The molecule has 244 valence electrons. The van der Waals surface area contributed by atoms with E-state index in [9.17, 15) is 9.90 Å². The molecule has 0 spiro atoms. The second kappa shape index (κ2) is 28.2. The summed E-state index contributed by atoms with van der Waals surface area (Å²) in [5.74, 6) is 2.28. The Hall–Kier alpha value is -0.570. The molecule has 0 aliphatic heterocycles. The van der Waals surface area contributed by atoms with Gasteiger partial charge in [-0.15, -0.1) is 0 Å². The molecule has 2 N–H and O–H groups in total. The van der Waals surface area contributed by atoms with Crippen LogP contribution in [0.2, 0.25) is 0 Å². The molecule has 0 aromatic heterocycles. The van der Waals surface area contributed by atoms with Crippen LogP contribution in [0.4, 0.5) is 0 Å². The van der Waals surface area contributed by atoms with Crippen LogP contribution in [0.5, 0.6) is 0 Å².